The van der Waals surface area contributed by atoms with Crippen molar-refractivity contribution in [1.82, 2.24) is 0 Å². The van der Waals surface area contributed by atoms with Crippen molar-refractivity contribution in [2.75, 3.05) is 25.1 Å². The first-order chi connectivity index (χ1) is 9.50. The SMILES string of the molecule is COC1(C)CCCN(c2cccc(Br)c2/C(N)=N/O)C1. The first-order valence-electron chi connectivity index (χ1n) is 6.57. The molecule has 0 radical (unpaired) electrons. The molecule has 0 bridgehead atoms. The third-order valence-corrected chi connectivity index (χ3v) is 4.51. The van der Waals surface area contributed by atoms with E-state index in [1.54, 1.807) is 7.11 Å². The van der Waals surface area contributed by atoms with Crippen LogP contribution in [0.3, 0.4) is 0 Å². The fourth-order valence-electron chi connectivity index (χ4n) is 2.66. The molecule has 0 amide bonds. The van der Waals surface area contributed by atoms with E-state index in [4.69, 9.17) is 15.7 Å². The number of hydrogen-bond acceptors (Lipinski definition) is 4. The molecule has 20 heavy (non-hydrogen) atoms. The van der Waals surface area contributed by atoms with Crippen molar-refractivity contribution in [2.45, 2.75) is 25.4 Å². The van der Waals surface area contributed by atoms with Gasteiger partial charge in [0.05, 0.1) is 11.2 Å². The lowest BCUT2D eigenvalue weighted by atomic mass is 9.93. The van der Waals surface area contributed by atoms with Gasteiger partial charge >= 0.3 is 0 Å². The van der Waals surface area contributed by atoms with Gasteiger partial charge in [0.1, 0.15) is 0 Å². The first kappa shape index (κ1) is 15.1. The van der Waals surface area contributed by atoms with E-state index in [0.717, 1.165) is 41.7 Å². The Labute approximate surface area is 127 Å². The average molecular weight is 342 g/mol. The van der Waals surface area contributed by atoms with Crippen molar-refractivity contribution in [1.29, 1.82) is 0 Å². The molecule has 1 fully saturated rings. The molecule has 1 atom stereocenters. The van der Waals surface area contributed by atoms with Gasteiger partial charge in [0.25, 0.3) is 0 Å². The monoisotopic (exact) mass is 341 g/mol. The van der Waals surface area contributed by atoms with Crippen LogP contribution in [0.15, 0.2) is 27.8 Å². The van der Waals surface area contributed by atoms with Crippen molar-refractivity contribution in [2.24, 2.45) is 10.9 Å². The Hall–Kier alpha value is -1.27. The lowest BCUT2D eigenvalue weighted by molar-refractivity contribution is -0.00466. The van der Waals surface area contributed by atoms with Gasteiger partial charge < -0.3 is 20.6 Å². The Kier molecular flexibility index (Phi) is 4.55. The second-order valence-electron chi connectivity index (χ2n) is 5.30. The number of oxime groups is 1. The topological polar surface area (TPSA) is 71.1 Å². The minimum Gasteiger partial charge on any atom is -0.409 e. The van der Waals surface area contributed by atoms with Gasteiger partial charge in [-0.1, -0.05) is 11.2 Å². The van der Waals surface area contributed by atoms with Gasteiger partial charge in [-0.3, -0.25) is 0 Å². The highest BCUT2D eigenvalue weighted by Gasteiger charge is 2.32. The van der Waals surface area contributed by atoms with E-state index in [1.807, 2.05) is 18.2 Å². The molecule has 1 aromatic rings. The lowest BCUT2D eigenvalue weighted by Gasteiger charge is -2.41. The van der Waals surface area contributed by atoms with Crippen LogP contribution in [0.4, 0.5) is 5.69 Å². The van der Waals surface area contributed by atoms with Gasteiger partial charge in [-0.2, -0.15) is 0 Å². The Bertz CT molecular complexity index is 521. The zero-order chi connectivity index (χ0) is 14.8. The molecule has 110 valence electrons. The van der Waals surface area contributed by atoms with E-state index in [2.05, 4.69) is 32.9 Å². The van der Waals surface area contributed by atoms with E-state index < -0.39 is 0 Å². The number of nitrogens with zero attached hydrogens (tertiary/aromatic N) is 2. The van der Waals surface area contributed by atoms with Crippen molar-refractivity contribution in [3.63, 3.8) is 0 Å². The fourth-order valence-corrected chi connectivity index (χ4v) is 3.22. The number of methoxy groups -OCH3 is 1. The number of nitrogens with two attached hydrogens (primary N) is 1. The van der Waals surface area contributed by atoms with Crippen LogP contribution in [-0.4, -0.2) is 36.8 Å². The molecule has 1 saturated heterocycles. The second-order valence-corrected chi connectivity index (χ2v) is 6.15. The van der Waals surface area contributed by atoms with Gasteiger partial charge in [0.15, 0.2) is 5.84 Å². The summed E-state index contributed by atoms with van der Waals surface area (Å²) in [5.41, 5.74) is 7.33. The predicted molar refractivity (Wildman–Crippen MR) is 83.5 cm³/mol. The highest BCUT2D eigenvalue weighted by Crippen LogP contribution is 2.33. The molecular formula is C14H20BrN3O2. The lowest BCUT2D eigenvalue weighted by Crippen LogP contribution is -2.48. The molecule has 1 aliphatic rings. The van der Waals surface area contributed by atoms with E-state index in [9.17, 15) is 0 Å². The normalized spacial score (nSPS) is 23.9. The maximum absolute atomic E-state index is 8.98. The van der Waals surface area contributed by atoms with Crippen molar-refractivity contribution < 1.29 is 9.94 Å². The summed E-state index contributed by atoms with van der Waals surface area (Å²) < 4.78 is 6.44. The second kappa shape index (κ2) is 6.01. The number of amidine groups is 1. The fraction of sp³-hybridized carbons (Fsp3) is 0.500. The van der Waals surface area contributed by atoms with Gasteiger partial charge in [0, 0.05) is 30.4 Å². The van der Waals surface area contributed by atoms with Crippen LogP contribution >= 0.6 is 15.9 Å². The number of piperidine rings is 1. The summed E-state index contributed by atoms with van der Waals surface area (Å²) in [7, 11) is 1.74. The smallest absolute Gasteiger partial charge is 0.173 e. The Morgan fingerprint density at radius 3 is 2.95 bits per heavy atom. The summed E-state index contributed by atoms with van der Waals surface area (Å²) in [5.74, 6) is 0.108. The van der Waals surface area contributed by atoms with E-state index >= 15 is 0 Å². The summed E-state index contributed by atoms with van der Waals surface area (Å²) >= 11 is 3.47. The van der Waals surface area contributed by atoms with Crippen LogP contribution in [0.2, 0.25) is 0 Å². The number of anilines is 1. The molecule has 1 heterocycles. The molecule has 0 aliphatic carbocycles. The third kappa shape index (κ3) is 2.91. The molecule has 1 aromatic carbocycles. The van der Waals surface area contributed by atoms with Gasteiger partial charge in [-0.15, -0.1) is 0 Å². The zero-order valence-electron chi connectivity index (χ0n) is 11.8. The van der Waals surface area contributed by atoms with Crippen molar-refractivity contribution in [3.05, 3.63) is 28.2 Å². The highest BCUT2D eigenvalue weighted by molar-refractivity contribution is 9.10. The van der Waals surface area contributed by atoms with Gasteiger partial charge in [0.2, 0.25) is 0 Å². The summed E-state index contributed by atoms with van der Waals surface area (Å²) in [6.45, 7) is 3.83. The molecule has 0 spiro atoms. The predicted octanol–water partition coefficient (Wildman–Crippen LogP) is 2.55. The van der Waals surface area contributed by atoms with Crippen molar-refractivity contribution >= 4 is 27.5 Å². The standard InChI is InChI=1S/C14H20BrN3O2/c1-14(20-2)7-4-8-18(9-14)11-6-3-5-10(15)12(11)13(16)17-19/h3,5-6,19H,4,7-9H2,1-2H3,(H2,16,17). The minimum absolute atomic E-state index is 0.108. The van der Waals surface area contributed by atoms with E-state index in [0.29, 0.717) is 0 Å². The molecule has 1 unspecified atom stereocenters. The molecular weight excluding hydrogens is 322 g/mol. The number of benzene rings is 1. The molecule has 5 nitrogen and oxygen atoms in total. The molecule has 1 aliphatic heterocycles. The van der Waals surface area contributed by atoms with Gasteiger partial charge in [-0.05, 0) is 47.8 Å². The number of ether oxygens (including phenoxy) is 1. The molecule has 3 N–H and O–H groups in total. The summed E-state index contributed by atoms with van der Waals surface area (Å²) in [5, 5.41) is 12.1. The Morgan fingerprint density at radius 1 is 1.55 bits per heavy atom. The van der Waals surface area contributed by atoms with Crippen LogP contribution in [-0.2, 0) is 4.74 Å². The summed E-state index contributed by atoms with van der Waals surface area (Å²) in [4.78, 5) is 2.23. The van der Waals surface area contributed by atoms with Crippen LogP contribution in [0.25, 0.3) is 0 Å². The average Bonchev–Trinajstić information content (AvgIpc) is 2.46. The quantitative estimate of drug-likeness (QED) is 0.383. The Balaban J connectivity index is 2.40. The number of halogens is 1. The molecule has 2 rings (SSSR count). The van der Waals surface area contributed by atoms with Crippen LogP contribution in [0, 0.1) is 0 Å². The van der Waals surface area contributed by atoms with Crippen molar-refractivity contribution in [3.8, 4) is 0 Å². The third-order valence-electron chi connectivity index (χ3n) is 3.85. The molecule has 0 saturated carbocycles. The maximum Gasteiger partial charge on any atom is 0.173 e. The van der Waals surface area contributed by atoms with Gasteiger partial charge in [-0.25, -0.2) is 0 Å². The Morgan fingerprint density at radius 2 is 2.30 bits per heavy atom. The van der Waals surface area contributed by atoms with Crippen LogP contribution in [0.5, 0.6) is 0 Å². The maximum atomic E-state index is 8.98. The minimum atomic E-state index is -0.164. The summed E-state index contributed by atoms with van der Waals surface area (Å²) in [6.07, 6.45) is 2.08. The molecule has 0 aromatic heterocycles. The zero-order valence-corrected chi connectivity index (χ0v) is 13.4. The molecule has 6 heteroatoms. The number of rotatable bonds is 3. The summed E-state index contributed by atoms with van der Waals surface area (Å²) in [6, 6.07) is 5.82. The number of hydrogen-bond donors (Lipinski definition) is 2. The highest BCUT2D eigenvalue weighted by atomic mass is 79.9. The largest absolute Gasteiger partial charge is 0.409 e. The first-order valence-corrected chi connectivity index (χ1v) is 7.36. The van der Waals surface area contributed by atoms with Crippen LogP contribution in [0.1, 0.15) is 25.3 Å². The van der Waals surface area contributed by atoms with E-state index in [-0.39, 0.29) is 11.4 Å². The van der Waals surface area contributed by atoms with Crippen LogP contribution < -0.4 is 10.6 Å². The van der Waals surface area contributed by atoms with E-state index in [1.165, 1.54) is 0 Å².